The summed E-state index contributed by atoms with van der Waals surface area (Å²) in [5.41, 5.74) is 3.85. The molecule has 2 N–H and O–H groups in total. The molecular weight excluding hydrogens is 334 g/mol. The number of carbonyl (C=O) groups is 1. The second kappa shape index (κ2) is 7.25. The maximum Gasteiger partial charge on any atom is 0.252 e. The van der Waals surface area contributed by atoms with Crippen LogP contribution in [0.4, 0.5) is 0 Å². The Morgan fingerprint density at radius 3 is 2.56 bits per heavy atom. The SMILES string of the molecule is Cc1cc(C)c(C(=O)NCc2ccc(C(O)c3ccco3)s2)c(C)c1. The summed E-state index contributed by atoms with van der Waals surface area (Å²) in [6.45, 7) is 6.37. The zero-order valence-electron chi connectivity index (χ0n) is 14.5. The molecule has 2 heterocycles. The lowest BCUT2D eigenvalue weighted by molar-refractivity contribution is 0.0950. The molecule has 4 nitrogen and oxygen atoms in total. The fraction of sp³-hybridized carbons (Fsp3) is 0.250. The van der Waals surface area contributed by atoms with E-state index in [1.54, 1.807) is 18.4 Å². The van der Waals surface area contributed by atoms with Crippen LogP contribution >= 0.6 is 11.3 Å². The summed E-state index contributed by atoms with van der Waals surface area (Å²) < 4.78 is 5.24. The van der Waals surface area contributed by atoms with Crippen molar-refractivity contribution >= 4 is 17.2 Å². The van der Waals surface area contributed by atoms with E-state index in [4.69, 9.17) is 4.42 Å². The van der Waals surface area contributed by atoms with Gasteiger partial charge in [-0.15, -0.1) is 11.3 Å². The first kappa shape index (κ1) is 17.5. The van der Waals surface area contributed by atoms with Gasteiger partial charge in [0.1, 0.15) is 11.9 Å². The van der Waals surface area contributed by atoms with E-state index in [0.29, 0.717) is 12.3 Å². The third kappa shape index (κ3) is 3.83. The number of aliphatic hydroxyl groups is 1. The van der Waals surface area contributed by atoms with Crippen molar-refractivity contribution in [2.24, 2.45) is 0 Å². The van der Waals surface area contributed by atoms with E-state index in [1.807, 2.05) is 45.0 Å². The molecule has 3 aromatic rings. The van der Waals surface area contributed by atoms with Crippen LogP contribution in [0.1, 0.15) is 48.7 Å². The highest BCUT2D eigenvalue weighted by Crippen LogP contribution is 2.28. The molecule has 25 heavy (non-hydrogen) atoms. The van der Waals surface area contributed by atoms with Crippen molar-refractivity contribution in [3.05, 3.63) is 80.4 Å². The molecule has 0 bridgehead atoms. The quantitative estimate of drug-likeness (QED) is 0.718. The second-order valence-electron chi connectivity index (χ2n) is 6.18. The molecule has 0 saturated carbocycles. The number of nitrogens with one attached hydrogen (secondary N) is 1. The van der Waals surface area contributed by atoms with Gasteiger partial charge in [-0.1, -0.05) is 17.7 Å². The lowest BCUT2D eigenvalue weighted by Crippen LogP contribution is -2.24. The Bertz CT molecular complexity index is 857. The normalized spacial score (nSPS) is 12.2. The molecule has 0 aliphatic rings. The molecule has 0 radical (unpaired) electrons. The van der Waals surface area contributed by atoms with E-state index in [-0.39, 0.29) is 5.91 Å². The molecule has 1 unspecified atom stereocenters. The van der Waals surface area contributed by atoms with Crippen LogP contribution < -0.4 is 5.32 Å². The van der Waals surface area contributed by atoms with Crippen molar-refractivity contribution in [2.45, 2.75) is 33.4 Å². The lowest BCUT2D eigenvalue weighted by atomic mass is 9.99. The Balaban J connectivity index is 1.67. The maximum absolute atomic E-state index is 12.5. The van der Waals surface area contributed by atoms with E-state index in [9.17, 15) is 9.90 Å². The molecule has 1 aromatic carbocycles. The average molecular weight is 355 g/mol. The van der Waals surface area contributed by atoms with Crippen molar-refractivity contribution in [1.29, 1.82) is 0 Å². The molecular formula is C20H21NO3S. The summed E-state index contributed by atoms with van der Waals surface area (Å²) in [6.07, 6.45) is 0.769. The van der Waals surface area contributed by atoms with Crippen LogP contribution in [-0.2, 0) is 6.54 Å². The van der Waals surface area contributed by atoms with Gasteiger partial charge in [0.15, 0.2) is 0 Å². The highest BCUT2D eigenvalue weighted by Gasteiger charge is 2.17. The van der Waals surface area contributed by atoms with Gasteiger partial charge in [0.05, 0.1) is 12.8 Å². The average Bonchev–Trinajstić information content (AvgIpc) is 3.23. The van der Waals surface area contributed by atoms with Gasteiger partial charge in [0, 0.05) is 15.3 Å². The molecule has 0 spiro atoms. The summed E-state index contributed by atoms with van der Waals surface area (Å²) in [7, 11) is 0. The van der Waals surface area contributed by atoms with Crippen LogP contribution in [0.25, 0.3) is 0 Å². The largest absolute Gasteiger partial charge is 0.466 e. The number of hydrogen-bond donors (Lipinski definition) is 2. The molecule has 1 atom stereocenters. The van der Waals surface area contributed by atoms with Gasteiger partial charge < -0.3 is 14.8 Å². The predicted octanol–water partition coefficient (Wildman–Crippen LogP) is 4.28. The van der Waals surface area contributed by atoms with Gasteiger partial charge in [0.2, 0.25) is 0 Å². The smallest absolute Gasteiger partial charge is 0.252 e. The van der Waals surface area contributed by atoms with E-state index in [2.05, 4.69) is 5.32 Å². The van der Waals surface area contributed by atoms with Crippen LogP contribution in [0.3, 0.4) is 0 Å². The number of thiophene rings is 1. The molecule has 1 amide bonds. The van der Waals surface area contributed by atoms with Crippen molar-refractivity contribution in [3.8, 4) is 0 Å². The summed E-state index contributed by atoms with van der Waals surface area (Å²) >= 11 is 1.46. The predicted molar refractivity (Wildman–Crippen MR) is 98.9 cm³/mol. The van der Waals surface area contributed by atoms with Gasteiger partial charge in [-0.05, 0) is 56.2 Å². The monoisotopic (exact) mass is 355 g/mol. The molecule has 5 heteroatoms. The fourth-order valence-corrected chi connectivity index (χ4v) is 3.96. The minimum absolute atomic E-state index is 0.0727. The van der Waals surface area contributed by atoms with Gasteiger partial charge in [-0.3, -0.25) is 4.79 Å². The highest BCUT2D eigenvalue weighted by atomic mass is 32.1. The third-order valence-corrected chi connectivity index (χ3v) is 5.23. The summed E-state index contributed by atoms with van der Waals surface area (Å²) in [6, 6.07) is 11.3. The van der Waals surface area contributed by atoms with Crippen LogP contribution in [0.5, 0.6) is 0 Å². The van der Waals surface area contributed by atoms with Gasteiger partial charge in [-0.2, -0.15) is 0 Å². The van der Waals surface area contributed by atoms with E-state index in [0.717, 1.165) is 32.0 Å². The first-order chi connectivity index (χ1) is 12.0. The molecule has 0 saturated heterocycles. The van der Waals surface area contributed by atoms with Crippen molar-refractivity contribution in [1.82, 2.24) is 5.32 Å². The molecule has 3 rings (SSSR count). The summed E-state index contributed by atoms with van der Waals surface area (Å²) in [5.74, 6) is 0.444. The third-order valence-electron chi connectivity index (χ3n) is 4.09. The number of aliphatic hydroxyl groups excluding tert-OH is 1. The lowest BCUT2D eigenvalue weighted by Gasteiger charge is -2.11. The Labute approximate surface area is 151 Å². The van der Waals surface area contributed by atoms with E-state index < -0.39 is 6.10 Å². The van der Waals surface area contributed by atoms with Gasteiger partial charge in [-0.25, -0.2) is 0 Å². The second-order valence-corrected chi connectivity index (χ2v) is 7.38. The topological polar surface area (TPSA) is 62.5 Å². The first-order valence-electron chi connectivity index (χ1n) is 8.12. The number of benzene rings is 1. The Hall–Kier alpha value is -2.37. The molecule has 130 valence electrons. The Morgan fingerprint density at radius 2 is 1.92 bits per heavy atom. The van der Waals surface area contributed by atoms with Crippen molar-refractivity contribution < 1.29 is 14.3 Å². The summed E-state index contributed by atoms with van der Waals surface area (Å²) in [4.78, 5) is 14.3. The van der Waals surface area contributed by atoms with Gasteiger partial charge >= 0.3 is 0 Å². The van der Waals surface area contributed by atoms with Crippen LogP contribution in [-0.4, -0.2) is 11.0 Å². The zero-order chi connectivity index (χ0) is 18.0. The minimum Gasteiger partial charge on any atom is -0.466 e. The fourth-order valence-electron chi connectivity index (χ4n) is 3.02. The molecule has 0 fully saturated rings. The first-order valence-corrected chi connectivity index (χ1v) is 8.93. The maximum atomic E-state index is 12.5. The van der Waals surface area contributed by atoms with Crippen molar-refractivity contribution in [3.63, 3.8) is 0 Å². The zero-order valence-corrected chi connectivity index (χ0v) is 15.3. The number of furan rings is 1. The Kier molecular flexibility index (Phi) is 5.06. The highest BCUT2D eigenvalue weighted by molar-refractivity contribution is 7.12. The van der Waals surface area contributed by atoms with Crippen LogP contribution in [0, 0.1) is 20.8 Å². The molecule has 2 aromatic heterocycles. The van der Waals surface area contributed by atoms with Gasteiger partial charge in [0.25, 0.3) is 5.91 Å². The number of hydrogen-bond acceptors (Lipinski definition) is 4. The number of rotatable bonds is 5. The van der Waals surface area contributed by atoms with Crippen LogP contribution in [0.15, 0.2) is 47.1 Å². The standard InChI is InChI=1S/C20H21NO3S/c1-12-9-13(2)18(14(3)10-12)20(23)21-11-15-6-7-17(25-15)19(22)16-5-4-8-24-16/h4-10,19,22H,11H2,1-3H3,(H,21,23). The molecule has 0 aliphatic carbocycles. The van der Waals surface area contributed by atoms with Crippen LogP contribution in [0.2, 0.25) is 0 Å². The van der Waals surface area contributed by atoms with E-state index >= 15 is 0 Å². The molecule has 0 aliphatic heterocycles. The summed E-state index contributed by atoms with van der Waals surface area (Å²) in [5, 5.41) is 13.2. The number of aryl methyl sites for hydroxylation is 3. The number of amides is 1. The van der Waals surface area contributed by atoms with Crippen molar-refractivity contribution in [2.75, 3.05) is 0 Å². The number of carbonyl (C=O) groups excluding carboxylic acids is 1. The minimum atomic E-state index is -0.772. The Morgan fingerprint density at radius 1 is 1.20 bits per heavy atom. The van der Waals surface area contributed by atoms with E-state index in [1.165, 1.54) is 11.3 Å².